The minimum absolute atomic E-state index is 0.0277. The first-order valence-electron chi connectivity index (χ1n) is 8.21. The Morgan fingerprint density at radius 1 is 1.33 bits per heavy atom. The molecule has 0 saturated heterocycles. The van der Waals surface area contributed by atoms with Crippen molar-refractivity contribution in [3.63, 3.8) is 0 Å². The van der Waals surface area contributed by atoms with E-state index in [1.807, 2.05) is 30.3 Å². The molecule has 2 N–H and O–H groups in total. The van der Waals surface area contributed by atoms with Crippen LogP contribution in [-0.2, 0) is 18.4 Å². The fraction of sp³-hybridized carbons (Fsp3) is 0.278. The van der Waals surface area contributed by atoms with E-state index < -0.39 is 11.5 Å². The maximum Gasteiger partial charge on any atom is 0.361 e. The highest BCUT2D eigenvalue weighted by molar-refractivity contribution is 5.90. The number of esters is 1. The van der Waals surface area contributed by atoms with Gasteiger partial charge in [0.1, 0.15) is 12.9 Å². The number of hydrogen-bond acceptors (Lipinski definition) is 6. The lowest BCUT2D eigenvalue weighted by Gasteiger charge is -2.12. The van der Waals surface area contributed by atoms with E-state index >= 15 is 0 Å². The van der Waals surface area contributed by atoms with E-state index in [2.05, 4.69) is 15.0 Å². The minimum Gasteiger partial charge on any atom is -0.481 e. The van der Waals surface area contributed by atoms with Gasteiger partial charge in [-0.2, -0.15) is 0 Å². The molecule has 0 radical (unpaired) electrons. The number of ether oxygens (including phenoxy) is 2. The van der Waals surface area contributed by atoms with Crippen LogP contribution >= 0.6 is 0 Å². The molecule has 0 aliphatic rings. The van der Waals surface area contributed by atoms with E-state index in [9.17, 15) is 9.59 Å². The molecule has 27 heavy (non-hydrogen) atoms. The lowest BCUT2D eigenvalue weighted by Crippen LogP contribution is -2.25. The Labute approximate surface area is 156 Å². The Morgan fingerprint density at radius 2 is 2.04 bits per heavy atom. The van der Waals surface area contributed by atoms with Crippen molar-refractivity contribution in [2.45, 2.75) is 20.5 Å². The van der Waals surface area contributed by atoms with E-state index in [-0.39, 0.29) is 36.4 Å². The number of hydrogen-bond donors (Lipinski definition) is 1. The number of rotatable bonds is 7. The van der Waals surface area contributed by atoms with E-state index in [1.54, 1.807) is 13.8 Å². The van der Waals surface area contributed by atoms with Crippen LogP contribution < -0.4 is 16.0 Å². The molecule has 0 atom stereocenters. The summed E-state index contributed by atoms with van der Waals surface area (Å²) in [7, 11) is 1.46. The Morgan fingerprint density at radius 3 is 2.67 bits per heavy atom. The van der Waals surface area contributed by atoms with Crippen LogP contribution in [0.15, 0.2) is 45.1 Å². The van der Waals surface area contributed by atoms with Crippen molar-refractivity contribution in [3.05, 3.63) is 51.9 Å². The number of carbonyl (C=O) groups is 1. The van der Waals surface area contributed by atoms with Crippen molar-refractivity contribution >= 4 is 24.1 Å². The zero-order valence-electron chi connectivity index (χ0n) is 15.4. The summed E-state index contributed by atoms with van der Waals surface area (Å²) in [6, 6.07) is 9.24. The zero-order chi connectivity index (χ0) is 19.8. The van der Waals surface area contributed by atoms with Crippen LogP contribution in [0.3, 0.4) is 0 Å². The van der Waals surface area contributed by atoms with Gasteiger partial charge in [0, 0.05) is 7.05 Å². The summed E-state index contributed by atoms with van der Waals surface area (Å²) < 4.78 is 11.7. The highest BCUT2D eigenvalue weighted by Gasteiger charge is 2.23. The van der Waals surface area contributed by atoms with Gasteiger partial charge in [0.25, 0.3) is 5.56 Å². The number of amidine groups is 1. The quantitative estimate of drug-likeness (QED) is 0.448. The third-order valence-corrected chi connectivity index (χ3v) is 3.36. The molecule has 0 fully saturated rings. The van der Waals surface area contributed by atoms with Crippen LogP contribution in [0.4, 0.5) is 5.95 Å². The van der Waals surface area contributed by atoms with Gasteiger partial charge in [-0.05, 0) is 19.4 Å². The highest BCUT2D eigenvalue weighted by atomic mass is 16.5. The fourth-order valence-electron chi connectivity index (χ4n) is 2.05. The minimum atomic E-state index is -0.770. The zero-order valence-corrected chi connectivity index (χ0v) is 15.4. The fourth-order valence-corrected chi connectivity index (χ4v) is 2.05. The van der Waals surface area contributed by atoms with Crippen molar-refractivity contribution < 1.29 is 14.3 Å². The molecule has 0 aliphatic carbocycles. The average Bonchev–Trinajstić information content (AvgIpc) is 2.65. The normalized spacial score (nSPS) is 11.6. The molecule has 0 unspecified atom stereocenters. The van der Waals surface area contributed by atoms with Crippen LogP contribution in [0.25, 0.3) is 0 Å². The van der Waals surface area contributed by atoms with E-state index in [0.717, 1.165) is 16.5 Å². The van der Waals surface area contributed by atoms with Crippen LogP contribution in [0, 0.1) is 0 Å². The lowest BCUT2D eigenvalue weighted by atomic mass is 10.2. The van der Waals surface area contributed by atoms with Gasteiger partial charge in [-0.15, -0.1) is 0 Å². The second-order valence-corrected chi connectivity index (χ2v) is 5.46. The standard InChI is InChI=1S/C18H21N5O4/c1-4-26-17(25)14-15(27-10-13-8-6-5-7-9-13)16(24)23(3)18(22-14)21-11-20-12(2)19/h5-9,11H,4,10H2,1-3H3,(H2,19,20,21,22). The third-order valence-electron chi connectivity index (χ3n) is 3.36. The van der Waals surface area contributed by atoms with Gasteiger partial charge in [0.05, 0.1) is 12.4 Å². The van der Waals surface area contributed by atoms with Gasteiger partial charge < -0.3 is 15.2 Å². The van der Waals surface area contributed by atoms with Gasteiger partial charge in [0.15, 0.2) is 5.69 Å². The van der Waals surface area contributed by atoms with Crippen molar-refractivity contribution in [3.8, 4) is 5.75 Å². The van der Waals surface area contributed by atoms with Gasteiger partial charge >= 0.3 is 5.97 Å². The molecule has 142 valence electrons. The number of aromatic nitrogens is 2. The van der Waals surface area contributed by atoms with Gasteiger partial charge in [0.2, 0.25) is 11.7 Å². The predicted octanol–water partition coefficient (Wildman–Crippen LogP) is 1.57. The summed E-state index contributed by atoms with van der Waals surface area (Å²) in [5.41, 5.74) is 5.47. The second kappa shape index (κ2) is 9.27. The molecule has 0 aliphatic heterocycles. The maximum atomic E-state index is 12.7. The van der Waals surface area contributed by atoms with E-state index in [0.29, 0.717) is 0 Å². The summed E-state index contributed by atoms with van der Waals surface area (Å²) in [4.78, 5) is 36.8. The van der Waals surface area contributed by atoms with Crippen LogP contribution in [0.1, 0.15) is 29.9 Å². The van der Waals surface area contributed by atoms with Crippen LogP contribution in [0.5, 0.6) is 5.75 Å². The lowest BCUT2D eigenvalue weighted by molar-refractivity contribution is 0.0513. The molecule has 0 saturated carbocycles. The molecule has 2 aromatic rings. The number of nitrogens with two attached hydrogens (primary N) is 1. The first-order valence-corrected chi connectivity index (χ1v) is 8.21. The summed E-state index contributed by atoms with van der Waals surface area (Å²) in [6.07, 6.45) is 1.15. The van der Waals surface area contributed by atoms with Gasteiger partial charge in [-0.3, -0.25) is 9.36 Å². The smallest absolute Gasteiger partial charge is 0.361 e. The molecule has 2 rings (SSSR count). The largest absolute Gasteiger partial charge is 0.481 e. The Kier molecular flexibility index (Phi) is 6.81. The van der Waals surface area contributed by atoms with Gasteiger partial charge in [-0.1, -0.05) is 30.3 Å². The number of benzene rings is 1. The van der Waals surface area contributed by atoms with Crippen molar-refractivity contribution in [1.82, 2.24) is 9.55 Å². The molecule has 9 heteroatoms. The summed E-state index contributed by atoms with van der Waals surface area (Å²) in [5.74, 6) is -0.706. The van der Waals surface area contributed by atoms with Crippen molar-refractivity contribution in [2.75, 3.05) is 6.61 Å². The van der Waals surface area contributed by atoms with E-state index in [1.165, 1.54) is 7.05 Å². The van der Waals surface area contributed by atoms with E-state index in [4.69, 9.17) is 15.2 Å². The van der Waals surface area contributed by atoms with Crippen molar-refractivity contribution in [1.29, 1.82) is 0 Å². The molecule has 0 spiro atoms. The topological polar surface area (TPSA) is 121 Å². The molecule has 0 bridgehead atoms. The Balaban J connectivity index is 2.45. The summed E-state index contributed by atoms with van der Waals surface area (Å²) in [6.45, 7) is 3.47. The molecule has 1 heterocycles. The first kappa shape index (κ1) is 19.8. The summed E-state index contributed by atoms with van der Waals surface area (Å²) in [5, 5.41) is 0. The van der Waals surface area contributed by atoms with Crippen LogP contribution in [-0.4, -0.2) is 34.3 Å². The van der Waals surface area contributed by atoms with Gasteiger partial charge in [-0.25, -0.2) is 19.8 Å². The second-order valence-electron chi connectivity index (χ2n) is 5.46. The number of nitrogens with zero attached hydrogens (tertiary/aromatic N) is 4. The molecule has 1 aromatic heterocycles. The molecule has 0 amide bonds. The number of aliphatic imine (C=N–C) groups is 2. The third kappa shape index (κ3) is 5.24. The highest BCUT2D eigenvalue weighted by Crippen LogP contribution is 2.18. The average molecular weight is 371 g/mol. The SMILES string of the molecule is CCOC(=O)c1nc(/N=C/N=C(C)N)n(C)c(=O)c1OCc1ccccc1. The van der Waals surface area contributed by atoms with Crippen molar-refractivity contribution in [2.24, 2.45) is 22.8 Å². The monoisotopic (exact) mass is 371 g/mol. The molecule has 1 aromatic carbocycles. The Hall–Kier alpha value is -3.49. The molecular formula is C18H21N5O4. The summed E-state index contributed by atoms with van der Waals surface area (Å²) >= 11 is 0. The maximum absolute atomic E-state index is 12.7. The van der Waals surface area contributed by atoms with Crippen LogP contribution in [0.2, 0.25) is 0 Å². The first-order chi connectivity index (χ1) is 12.9. The predicted molar refractivity (Wildman–Crippen MR) is 102 cm³/mol. The molecular weight excluding hydrogens is 350 g/mol. The molecule has 9 nitrogen and oxygen atoms in total. The Bertz CT molecular complexity index is 915. The number of carbonyl (C=O) groups excluding carboxylic acids is 1.